The monoisotopic (exact) mass is 706 g/mol. The first-order valence-corrected chi connectivity index (χ1v) is 17.3. The average molecular weight is 708 g/mol. The van der Waals surface area contributed by atoms with Gasteiger partial charge in [0.05, 0.1) is 49.5 Å². The Morgan fingerprint density at radius 3 is 2.53 bits per heavy atom. The lowest BCUT2D eigenvalue weighted by Gasteiger charge is -2.33. The molecule has 14 heteroatoms. The SMILES string of the molecule is CCC(C)n1ncn(-c2ccc(N3CC[NH+](c4ccc(OC[C@H]5CO[C@](C[n+]6cnc[nH]6)(c6ccc(Cl)cc6Cl)O5)cc4)CC3)cc2)c1=O. The number of H-pyrrole nitrogens is 1. The molecule has 49 heavy (non-hydrogen) atoms. The summed E-state index contributed by atoms with van der Waals surface area (Å²) < 4.78 is 23.9. The highest BCUT2D eigenvalue weighted by Crippen LogP contribution is 2.39. The Bertz CT molecular complexity index is 1910. The molecule has 0 saturated carbocycles. The highest BCUT2D eigenvalue weighted by atomic mass is 35.5. The lowest BCUT2D eigenvalue weighted by atomic mass is 10.1. The van der Waals surface area contributed by atoms with E-state index in [0.717, 1.165) is 49.7 Å². The van der Waals surface area contributed by atoms with Crippen molar-refractivity contribution in [1.82, 2.24) is 24.4 Å². The van der Waals surface area contributed by atoms with E-state index in [1.165, 1.54) is 10.6 Å². The van der Waals surface area contributed by atoms with Crippen LogP contribution in [0.25, 0.3) is 5.69 Å². The number of quaternary nitrogens is 1. The van der Waals surface area contributed by atoms with Crippen LogP contribution in [0.1, 0.15) is 31.9 Å². The van der Waals surface area contributed by atoms with Crippen molar-refractivity contribution in [2.45, 2.75) is 44.7 Å². The van der Waals surface area contributed by atoms with Crippen LogP contribution in [-0.4, -0.2) is 69.9 Å². The number of hydrogen-bond acceptors (Lipinski definition) is 7. The van der Waals surface area contributed by atoms with Gasteiger partial charge in [-0.1, -0.05) is 36.2 Å². The highest BCUT2D eigenvalue weighted by Gasteiger charge is 2.47. The van der Waals surface area contributed by atoms with E-state index in [-0.39, 0.29) is 17.8 Å². The number of halogens is 2. The van der Waals surface area contributed by atoms with Crippen LogP contribution in [-0.2, 0) is 21.8 Å². The highest BCUT2D eigenvalue weighted by molar-refractivity contribution is 6.35. The standard InChI is InChI=1S/C35H38Cl2N8O4/c1-3-25(2)45-34(46)44(24-40-45)29-7-5-27(6-8-29)41-14-16-42(17-15-41)28-9-11-30(12-10-28)47-19-31-20-48-35(49-31,21-43-23-38-22-39-43)32-13-4-26(36)18-33(32)37/h4-13,18,22-25,31H,3,14-17,19-21H2,1-2H3/p+2/t25?,31-,35-/m0/s1. The molecule has 4 heterocycles. The molecule has 1 unspecified atom stereocenters. The van der Waals surface area contributed by atoms with Crippen LogP contribution in [0.3, 0.4) is 0 Å². The minimum absolute atomic E-state index is 0.0677. The van der Waals surface area contributed by atoms with Crippen molar-refractivity contribution in [3.63, 3.8) is 0 Å². The van der Waals surface area contributed by atoms with Crippen LogP contribution >= 0.6 is 23.2 Å². The molecular weight excluding hydrogens is 667 g/mol. The largest absolute Gasteiger partial charge is 0.491 e. The molecule has 2 aromatic heterocycles. The summed E-state index contributed by atoms with van der Waals surface area (Å²) in [6, 6.07) is 21.8. The first-order chi connectivity index (χ1) is 23.8. The average Bonchev–Trinajstić information content (AvgIpc) is 3.88. The minimum Gasteiger partial charge on any atom is -0.491 e. The molecule has 2 fully saturated rings. The lowest BCUT2D eigenvalue weighted by Crippen LogP contribution is -3.10. The molecule has 2 aliphatic rings. The van der Waals surface area contributed by atoms with Crippen molar-refractivity contribution in [2.75, 3.05) is 44.3 Å². The number of ether oxygens (including phenoxy) is 3. The van der Waals surface area contributed by atoms with Crippen molar-refractivity contribution < 1.29 is 23.8 Å². The smallest absolute Gasteiger partial charge is 0.350 e. The third kappa shape index (κ3) is 7.10. The summed E-state index contributed by atoms with van der Waals surface area (Å²) in [4.78, 5) is 20.7. The molecule has 3 atom stereocenters. The fourth-order valence-corrected chi connectivity index (χ4v) is 6.96. The number of benzene rings is 3. The molecule has 5 aromatic rings. The molecule has 0 spiro atoms. The van der Waals surface area contributed by atoms with Gasteiger partial charge in [-0.2, -0.15) is 14.9 Å². The maximum Gasteiger partial charge on any atom is 0.350 e. The first kappa shape index (κ1) is 33.3. The van der Waals surface area contributed by atoms with Crippen LogP contribution in [0, 0.1) is 0 Å². The summed E-state index contributed by atoms with van der Waals surface area (Å²) in [5.74, 6) is -0.356. The lowest BCUT2D eigenvalue weighted by molar-refractivity contribution is -0.833. The van der Waals surface area contributed by atoms with Gasteiger partial charge >= 0.3 is 12.0 Å². The van der Waals surface area contributed by atoms with Gasteiger partial charge in [-0.15, -0.1) is 0 Å². The third-order valence-electron chi connectivity index (χ3n) is 9.34. The van der Waals surface area contributed by atoms with E-state index in [4.69, 9.17) is 37.4 Å². The number of aromatic nitrogens is 6. The van der Waals surface area contributed by atoms with Crippen LogP contribution in [0.4, 0.5) is 11.4 Å². The number of nitrogens with one attached hydrogen (secondary N) is 2. The van der Waals surface area contributed by atoms with E-state index >= 15 is 0 Å². The van der Waals surface area contributed by atoms with Crippen LogP contribution in [0.15, 0.2) is 90.5 Å². The molecule has 0 bridgehead atoms. The second-order valence-corrected chi connectivity index (χ2v) is 13.3. The van der Waals surface area contributed by atoms with Gasteiger partial charge in [0.25, 0.3) is 0 Å². The van der Waals surface area contributed by atoms with Crippen molar-refractivity contribution in [2.24, 2.45) is 0 Å². The van der Waals surface area contributed by atoms with E-state index in [0.29, 0.717) is 35.4 Å². The molecule has 0 aliphatic carbocycles. The van der Waals surface area contributed by atoms with Gasteiger partial charge in [0.1, 0.15) is 30.5 Å². The third-order valence-corrected chi connectivity index (χ3v) is 9.89. The van der Waals surface area contributed by atoms with Gasteiger partial charge in [0, 0.05) is 28.4 Å². The normalized spacial score (nSPS) is 20.5. The van der Waals surface area contributed by atoms with E-state index < -0.39 is 5.79 Å². The number of rotatable bonds is 11. The van der Waals surface area contributed by atoms with Crippen LogP contribution < -0.4 is 24.9 Å². The Morgan fingerprint density at radius 1 is 1.08 bits per heavy atom. The predicted molar refractivity (Wildman–Crippen MR) is 185 cm³/mol. The second-order valence-electron chi connectivity index (χ2n) is 12.5. The quantitative estimate of drug-likeness (QED) is 0.202. The van der Waals surface area contributed by atoms with Crippen molar-refractivity contribution in [3.05, 3.63) is 112 Å². The molecule has 3 aromatic carbocycles. The summed E-state index contributed by atoms with van der Waals surface area (Å²) in [6.07, 6.45) is 5.40. The molecular formula is C35H40Cl2N8O4+2. The van der Waals surface area contributed by atoms with E-state index in [1.807, 2.05) is 37.3 Å². The summed E-state index contributed by atoms with van der Waals surface area (Å²) in [7, 11) is 0. The molecule has 7 rings (SSSR count). The number of aromatic amines is 1. The summed E-state index contributed by atoms with van der Waals surface area (Å²) in [5.41, 5.74) is 3.78. The number of hydrogen-bond donors (Lipinski definition) is 2. The van der Waals surface area contributed by atoms with E-state index in [2.05, 4.69) is 51.3 Å². The minimum atomic E-state index is -1.12. The van der Waals surface area contributed by atoms with Crippen molar-refractivity contribution in [3.8, 4) is 11.4 Å². The number of piperazine rings is 1. The van der Waals surface area contributed by atoms with E-state index in [1.54, 1.807) is 45.0 Å². The second kappa shape index (κ2) is 14.3. The maximum absolute atomic E-state index is 12.8. The van der Waals surface area contributed by atoms with Gasteiger partial charge in [-0.25, -0.2) is 14.0 Å². The molecule has 0 amide bonds. The van der Waals surface area contributed by atoms with Gasteiger partial charge in [-0.05, 0) is 66.9 Å². The van der Waals surface area contributed by atoms with Gasteiger partial charge in [0.15, 0.2) is 6.54 Å². The number of nitrogens with zero attached hydrogens (tertiary/aromatic N) is 6. The first-order valence-electron chi connectivity index (χ1n) is 16.6. The Hall–Kier alpha value is -4.20. The van der Waals surface area contributed by atoms with Gasteiger partial charge in [0.2, 0.25) is 12.1 Å². The summed E-state index contributed by atoms with van der Waals surface area (Å²) >= 11 is 12.8. The maximum atomic E-state index is 12.8. The summed E-state index contributed by atoms with van der Waals surface area (Å²) in [6.45, 7) is 8.83. The molecule has 2 N–H and O–H groups in total. The summed E-state index contributed by atoms with van der Waals surface area (Å²) in [5, 5.41) is 8.35. The Labute approximate surface area is 294 Å². The zero-order valence-corrected chi connectivity index (χ0v) is 29.0. The zero-order valence-electron chi connectivity index (χ0n) is 27.5. The molecule has 0 radical (unpaired) electrons. The Balaban J connectivity index is 0.925. The molecule has 256 valence electrons. The van der Waals surface area contributed by atoms with Crippen molar-refractivity contribution >= 4 is 34.6 Å². The predicted octanol–water partition coefficient (Wildman–Crippen LogP) is 3.71. The Kier molecular flexibility index (Phi) is 9.75. The van der Waals surface area contributed by atoms with E-state index in [9.17, 15) is 4.79 Å². The topological polar surface area (TPSA) is 108 Å². The zero-order chi connectivity index (χ0) is 34.0. The van der Waals surface area contributed by atoms with Crippen molar-refractivity contribution in [1.29, 1.82) is 0 Å². The molecule has 2 saturated heterocycles. The van der Waals surface area contributed by atoms with Crippen LogP contribution in [0.2, 0.25) is 10.0 Å². The van der Waals surface area contributed by atoms with Crippen LogP contribution in [0.5, 0.6) is 5.75 Å². The number of anilines is 1. The molecule has 12 nitrogen and oxygen atoms in total. The van der Waals surface area contributed by atoms with Gasteiger partial charge in [-0.3, -0.25) is 4.90 Å². The Morgan fingerprint density at radius 2 is 1.84 bits per heavy atom. The van der Waals surface area contributed by atoms with Gasteiger partial charge < -0.3 is 19.1 Å². The fraction of sp³-hybridized carbons (Fsp3) is 0.371. The fourth-order valence-electron chi connectivity index (χ4n) is 6.41. The molecule has 2 aliphatic heterocycles.